The van der Waals surface area contributed by atoms with Crippen LogP contribution in [-0.2, 0) is 0 Å². The molecule has 0 radical (unpaired) electrons. The van der Waals surface area contributed by atoms with Crippen LogP contribution in [0.5, 0.6) is 0 Å². The molecule has 1 aliphatic heterocycles. The Morgan fingerprint density at radius 2 is 2.37 bits per heavy atom. The van der Waals surface area contributed by atoms with E-state index in [9.17, 15) is 4.79 Å². The maximum Gasteiger partial charge on any atom is 0.251 e. The van der Waals surface area contributed by atoms with Gasteiger partial charge in [0, 0.05) is 22.2 Å². The monoisotopic (exact) mass is 392 g/mol. The Morgan fingerprint density at radius 3 is 3.00 bits per heavy atom. The highest BCUT2D eigenvalue weighted by Gasteiger charge is 2.21. The number of rotatable bonds is 4. The largest absolute Gasteiger partial charge is 0.352 e. The van der Waals surface area contributed by atoms with Crippen molar-refractivity contribution in [1.82, 2.24) is 10.2 Å². The maximum absolute atomic E-state index is 12.0. The zero-order valence-electron chi connectivity index (χ0n) is 11.0. The van der Waals surface area contributed by atoms with Crippen LogP contribution >= 0.6 is 34.2 Å². The third-order valence-corrected chi connectivity index (χ3v) is 5.12. The highest BCUT2D eigenvalue weighted by atomic mass is 127. The van der Waals surface area contributed by atoms with E-state index in [0.29, 0.717) is 16.5 Å². The number of likely N-dealkylation sites (tertiary alicyclic amines) is 1. The van der Waals surface area contributed by atoms with Crippen LogP contribution in [-0.4, -0.2) is 37.0 Å². The molecule has 0 bridgehead atoms. The fourth-order valence-electron chi connectivity index (χ4n) is 2.34. The van der Waals surface area contributed by atoms with Crippen LogP contribution < -0.4 is 5.32 Å². The number of hydrogen-bond acceptors (Lipinski definition) is 2. The van der Waals surface area contributed by atoms with Gasteiger partial charge >= 0.3 is 0 Å². The molecule has 1 fully saturated rings. The predicted octanol–water partition coefficient (Wildman–Crippen LogP) is 3.02. The lowest BCUT2D eigenvalue weighted by atomic mass is 10.1. The summed E-state index contributed by atoms with van der Waals surface area (Å²) in [6.07, 6.45) is 1.17. The van der Waals surface area contributed by atoms with Crippen molar-refractivity contribution in [1.29, 1.82) is 0 Å². The predicted molar refractivity (Wildman–Crippen MR) is 86.7 cm³/mol. The van der Waals surface area contributed by atoms with Crippen molar-refractivity contribution in [2.45, 2.75) is 13.3 Å². The van der Waals surface area contributed by atoms with E-state index >= 15 is 0 Å². The Hall–Kier alpha value is -0.330. The molecule has 1 saturated heterocycles. The Kier molecular flexibility index (Phi) is 5.47. The van der Waals surface area contributed by atoms with Crippen LogP contribution in [0.1, 0.15) is 23.7 Å². The van der Waals surface area contributed by atoms with Gasteiger partial charge in [-0.2, -0.15) is 0 Å². The first-order chi connectivity index (χ1) is 9.10. The molecule has 0 saturated carbocycles. The lowest BCUT2D eigenvalue weighted by Crippen LogP contribution is -2.31. The Bertz CT molecular complexity index is 467. The van der Waals surface area contributed by atoms with E-state index in [4.69, 9.17) is 11.6 Å². The average molecular weight is 393 g/mol. The maximum atomic E-state index is 12.0. The molecule has 0 aromatic heterocycles. The van der Waals surface area contributed by atoms with E-state index in [2.05, 4.69) is 39.7 Å². The number of nitrogens with zero attached hydrogens (tertiary/aromatic N) is 1. The topological polar surface area (TPSA) is 32.3 Å². The first-order valence-electron chi connectivity index (χ1n) is 6.55. The quantitative estimate of drug-likeness (QED) is 0.799. The molecule has 1 aliphatic rings. The van der Waals surface area contributed by atoms with Crippen molar-refractivity contribution in [3.05, 3.63) is 32.4 Å². The molecule has 104 valence electrons. The molecular weight excluding hydrogens is 375 g/mol. The molecule has 1 aromatic carbocycles. The van der Waals surface area contributed by atoms with E-state index in [1.165, 1.54) is 6.42 Å². The van der Waals surface area contributed by atoms with Crippen LogP contribution in [0.25, 0.3) is 0 Å². The molecule has 1 atom stereocenters. The minimum absolute atomic E-state index is 0.0340. The van der Waals surface area contributed by atoms with Crippen LogP contribution in [0.4, 0.5) is 0 Å². The van der Waals surface area contributed by atoms with Crippen molar-refractivity contribution in [3.63, 3.8) is 0 Å². The lowest BCUT2D eigenvalue weighted by Gasteiger charge is -2.14. The molecule has 1 aromatic rings. The van der Waals surface area contributed by atoms with Gasteiger partial charge in [-0.25, -0.2) is 0 Å². The summed E-state index contributed by atoms with van der Waals surface area (Å²) >= 11 is 8.18. The summed E-state index contributed by atoms with van der Waals surface area (Å²) in [4.78, 5) is 14.4. The summed E-state index contributed by atoms with van der Waals surface area (Å²) in [5.74, 6) is 0.538. The minimum Gasteiger partial charge on any atom is -0.352 e. The zero-order chi connectivity index (χ0) is 13.8. The number of hydrogen-bond donors (Lipinski definition) is 1. The highest BCUT2D eigenvalue weighted by Crippen LogP contribution is 2.20. The van der Waals surface area contributed by atoms with Gasteiger partial charge in [0.25, 0.3) is 5.91 Å². The van der Waals surface area contributed by atoms with Crippen molar-refractivity contribution < 1.29 is 4.79 Å². The number of nitrogens with one attached hydrogen (secondary N) is 1. The SMILES string of the molecule is CCN1CCC(CNC(=O)c2ccc(I)c(Cl)c2)C1. The molecular formula is C14H18ClIN2O. The third kappa shape index (κ3) is 4.07. The summed E-state index contributed by atoms with van der Waals surface area (Å²) < 4.78 is 0.963. The molecule has 1 amide bonds. The first-order valence-corrected chi connectivity index (χ1v) is 8.01. The Morgan fingerprint density at radius 1 is 1.58 bits per heavy atom. The first kappa shape index (κ1) is 15.1. The number of amides is 1. The van der Waals surface area contributed by atoms with Gasteiger partial charge in [-0.15, -0.1) is 0 Å². The fourth-order valence-corrected chi connectivity index (χ4v) is 2.86. The van der Waals surface area contributed by atoms with Gasteiger partial charge in [0.1, 0.15) is 0 Å². The van der Waals surface area contributed by atoms with Gasteiger partial charge in [-0.1, -0.05) is 18.5 Å². The smallest absolute Gasteiger partial charge is 0.251 e. The molecule has 0 spiro atoms. The summed E-state index contributed by atoms with van der Waals surface area (Å²) in [7, 11) is 0. The molecule has 5 heteroatoms. The van der Waals surface area contributed by atoms with Gasteiger partial charge in [0.2, 0.25) is 0 Å². The summed E-state index contributed by atoms with van der Waals surface area (Å²) in [6.45, 7) is 6.25. The van der Waals surface area contributed by atoms with E-state index < -0.39 is 0 Å². The third-order valence-electron chi connectivity index (χ3n) is 3.55. The van der Waals surface area contributed by atoms with Crippen LogP contribution in [0.15, 0.2) is 18.2 Å². The van der Waals surface area contributed by atoms with Gasteiger partial charge in [-0.05, 0) is 66.2 Å². The summed E-state index contributed by atoms with van der Waals surface area (Å²) in [5.41, 5.74) is 0.635. The molecule has 1 N–H and O–H groups in total. The molecule has 1 unspecified atom stereocenters. The van der Waals surface area contributed by atoms with Gasteiger partial charge in [0.15, 0.2) is 0 Å². The number of halogens is 2. The van der Waals surface area contributed by atoms with E-state index in [-0.39, 0.29) is 5.91 Å². The fraction of sp³-hybridized carbons (Fsp3) is 0.500. The van der Waals surface area contributed by atoms with Gasteiger partial charge in [0.05, 0.1) is 5.02 Å². The summed E-state index contributed by atoms with van der Waals surface area (Å²) in [5, 5.41) is 3.64. The number of carbonyl (C=O) groups excluding carboxylic acids is 1. The standard InChI is InChI=1S/C14H18ClIN2O/c1-2-18-6-5-10(9-18)8-17-14(19)11-3-4-13(16)12(15)7-11/h3-4,7,10H,2,5-6,8-9H2,1H3,(H,17,19). The van der Waals surface area contributed by atoms with Crippen molar-refractivity contribution in [2.75, 3.05) is 26.2 Å². The number of carbonyl (C=O) groups is 1. The van der Waals surface area contributed by atoms with Crippen molar-refractivity contribution >= 4 is 40.1 Å². The Labute approximate surface area is 132 Å². The zero-order valence-corrected chi connectivity index (χ0v) is 13.9. The normalized spacial score (nSPS) is 19.6. The second kappa shape index (κ2) is 6.90. The molecule has 19 heavy (non-hydrogen) atoms. The van der Waals surface area contributed by atoms with Crippen LogP contribution in [0.2, 0.25) is 5.02 Å². The molecule has 0 aliphatic carbocycles. The Balaban J connectivity index is 1.86. The molecule has 3 nitrogen and oxygen atoms in total. The van der Waals surface area contributed by atoms with E-state index in [1.807, 2.05) is 12.1 Å². The second-order valence-electron chi connectivity index (χ2n) is 4.89. The molecule has 2 rings (SSSR count). The second-order valence-corrected chi connectivity index (χ2v) is 6.46. The van der Waals surface area contributed by atoms with Crippen molar-refractivity contribution in [3.8, 4) is 0 Å². The van der Waals surface area contributed by atoms with Crippen molar-refractivity contribution in [2.24, 2.45) is 5.92 Å². The highest BCUT2D eigenvalue weighted by molar-refractivity contribution is 14.1. The number of benzene rings is 1. The van der Waals surface area contributed by atoms with E-state index in [1.54, 1.807) is 6.07 Å². The van der Waals surface area contributed by atoms with Crippen LogP contribution in [0, 0.1) is 9.49 Å². The lowest BCUT2D eigenvalue weighted by molar-refractivity contribution is 0.0947. The average Bonchev–Trinajstić information content (AvgIpc) is 2.87. The van der Waals surface area contributed by atoms with Gasteiger partial charge in [-0.3, -0.25) is 4.79 Å². The molecule has 1 heterocycles. The van der Waals surface area contributed by atoms with E-state index in [0.717, 1.165) is 29.7 Å². The van der Waals surface area contributed by atoms with Crippen LogP contribution in [0.3, 0.4) is 0 Å². The minimum atomic E-state index is -0.0340. The summed E-state index contributed by atoms with van der Waals surface area (Å²) in [6, 6.07) is 5.41. The van der Waals surface area contributed by atoms with Gasteiger partial charge < -0.3 is 10.2 Å².